The zero-order chi connectivity index (χ0) is 15.9. The molecule has 0 amide bonds. The van der Waals surface area contributed by atoms with Crippen LogP contribution in [-0.4, -0.2) is 33.6 Å². The SMILES string of the molecule is Clc1ccc([C@@H]2O[C@]2(Cn2cncn2)C2CCOCC2)c(Cl)c1. The summed E-state index contributed by atoms with van der Waals surface area (Å²) in [6, 6.07) is 5.58. The van der Waals surface area contributed by atoms with Crippen LogP contribution in [0.4, 0.5) is 0 Å². The summed E-state index contributed by atoms with van der Waals surface area (Å²) in [6.45, 7) is 2.21. The Morgan fingerprint density at radius 3 is 2.78 bits per heavy atom. The molecule has 1 aromatic carbocycles. The first-order chi connectivity index (χ1) is 11.2. The Morgan fingerprint density at radius 1 is 1.26 bits per heavy atom. The highest BCUT2D eigenvalue weighted by atomic mass is 35.5. The molecule has 1 aromatic heterocycles. The molecular weight excluding hydrogens is 337 g/mol. The van der Waals surface area contributed by atoms with Gasteiger partial charge in [-0.1, -0.05) is 29.3 Å². The van der Waals surface area contributed by atoms with Crippen molar-refractivity contribution in [2.75, 3.05) is 13.2 Å². The van der Waals surface area contributed by atoms with Crippen LogP contribution in [0.3, 0.4) is 0 Å². The molecule has 0 radical (unpaired) electrons. The van der Waals surface area contributed by atoms with Gasteiger partial charge in [0.15, 0.2) is 0 Å². The normalized spacial score (nSPS) is 28.0. The average molecular weight is 354 g/mol. The predicted molar refractivity (Wildman–Crippen MR) is 86.6 cm³/mol. The molecular formula is C16H17Cl2N3O2. The Morgan fingerprint density at radius 2 is 2.09 bits per heavy atom. The third-order valence-electron chi connectivity index (χ3n) is 4.76. The van der Waals surface area contributed by atoms with E-state index in [0.29, 0.717) is 22.5 Å². The molecule has 4 rings (SSSR count). The van der Waals surface area contributed by atoms with Gasteiger partial charge in [-0.05, 0) is 30.9 Å². The summed E-state index contributed by atoms with van der Waals surface area (Å²) in [6.07, 6.45) is 5.19. The van der Waals surface area contributed by atoms with E-state index in [4.69, 9.17) is 32.7 Å². The monoisotopic (exact) mass is 353 g/mol. The lowest BCUT2D eigenvalue weighted by atomic mass is 9.81. The van der Waals surface area contributed by atoms with Crippen molar-refractivity contribution in [2.24, 2.45) is 5.92 Å². The van der Waals surface area contributed by atoms with Gasteiger partial charge in [-0.2, -0.15) is 5.10 Å². The standard InChI is InChI=1S/C16H17Cl2N3O2/c17-12-1-2-13(14(18)7-12)15-16(23-15,8-21-10-19-9-20-21)11-3-5-22-6-4-11/h1-2,7,9-11,15H,3-6,8H2/t15-,16+/m0/s1. The number of epoxide rings is 1. The van der Waals surface area contributed by atoms with Crippen LogP contribution in [0.1, 0.15) is 24.5 Å². The lowest BCUT2D eigenvalue weighted by Gasteiger charge is -2.28. The van der Waals surface area contributed by atoms with Gasteiger partial charge in [0.1, 0.15) is 24.4 Å². The van der Waals surface area contributed by atoms with Gasteiger partial charge in [0.25, 0.3) is 0 Å². The first-order valence-electron chi connectivity index (χ1n) is 7.72. The number of halogens is 2. The van der Waals surface area contributed by atoms with Crippen LogP contribution >= 0.6 is 23.2 Å². The molecule has 0 N–H and O–H groups in total. The second-order valence-corrected chi connectivity index (χ2v) is 6.94. The highest BCUT2D eigenvalue weighted by Gasteiger charge is 2.62. The number of benzene rings is 1. The minimum atomic E-state index is -0.297. The quantitative estimate of drug-likeness (QED) is 0.789. The molecule has 122 valence electrons. The molecule has 23 heavy (non-hydrogen) atoms. The molecule has 0 unspecified atom stereocenters. The Kier molecular flexibility index (Phi) is 4.05. The van der Waals surface area contributed by atoms with Crippen molar-refractivity contribution in [3.63, 3.8) is 0 Å². The molecule has 0 spiro atoms. The van der Waals surface area contributed by atoms with E-state index in [1.165, 1.54) is 0 Å². The largest absolute Gasteiger partial charge is 0.381 e. The molecule has 2 saturated heterocycles. The highest BCUT2D eigenvalue weighted by Crippen LogP contribution is 2.58. The summed E-state index contributed by atoms with van der Waals surface area (Å²) < 4.78 is 13.6. The van der Waals surface area contributed by atoms with Gasteiger partial charge in [-0.15, -0.1) is 0 Å². The Labute approximate surface area is 144 Å². The molecule has 7 heteroatoms. The van der Waals surface area contributed by atoms with E-state index in [1.807, 2.05) is 16.8 Å². The van der Waals surface area contributed by atoms with Crippen molar-refractivity contribution < 1.29 is 9.47 Å². The molecule has 2 aliphatic rings. The third-order valence-corrected chi connectivity index (χ3v) is 5.32. The first-order valence-corrected chi connectivity index (χ1v) is 8.47. The maximum Gasteiger partial charge on any atom is 0.137 e. The minimum Gasteiger partial charge on any atom is -0.381 e. The number of ether oxygens (including phenoxy) is 2. The molecule has 2 aliphatic heterocycles. The number of hydrogen-bond acceptors (Lipinski definition) is 4. The van der Waals surface area contributed by atoms with E-state index >= 15 is 0 Å². The van der Waals surface area contributed by atoms with Gasteiger partial charge < -0.3 is 9.47 Å². The number of hydrogen-bond donors (Lipinski definition) is 0. The van der Waals surface area contributed by atoms with Crippen LogP contribution in [0.15, 0.2) is 30.9 Å². The maximum absolute atomic E-state index is 6.39. The topological polar surface area (TPSA) is 52.5 Å². The molecule has 2 aromatic rings. The summed E-state index contributed by atoms with van der Waals surface area (Å²) >= 11 is 12.4. The average Bonchev–Trinajstić information content (AvgIpc) is 3.02. The van der Waals surface area contributed by atoms with Crippen molar-refractivity contribution in [1.29, 1.82) is 0 Å². The fraction of sp³-hybridized carbons (Fsp3) is 0.500. The zero-order valence-electron chi connectivity index (χ0n) is 12.5. The third kappa shape index (κ3) is 2.87. The van der Waals surface area contributed by atoms with Crippen LogP contribution in [0.25, 0.3) is 0 Å². The van der Waals surface area contributed by atoms with E-state index in [-0.39, 0.29) is 11.7 Å². The molecule has 5 nitrogen and oxygen atoms in total. The Hall–Kier alpha value is -1.14. The molecule has 3 heterocycles. The molecule has 2 fully saturated rings. The van der Waals surface area contributed by atoms with Crippen molar-refractivity contribution in [3.05, 3.63) is 46.5 Å². The number of rotatable bonds is 4. The van der Waals surface area contributed by atoms with E-state index in [9.17, 15) is 0 Å². The number of nitrogens with zero attached hydrogens (tertiary/aromatic N) is 3. The first kappa shape index (κ1) is 15.4. The maximum atomic E-state index is 6.39. The van der Waals surface area contributed by atoms with Gasteiger partial charge >= 0.3 is 0 Å². The van der Waals surface area contributed by atoms with Gasteiger partial charge in [0.05, 0.1) is 6.54 Å². The van der Waals surface area contributed by atoms with Crippen LogP contribution in [-0.2, 0) is 16.0 Å². The van der Waals surface area contributed by atoms with Crippen molar-refractivity contribution in [2.45, 2.75) is 31.1 Å². The van der Waals surface area contributed by atoms with Gasteiger partial charge in [0.2, 0.25) is 0 Å². The highest BCUT2D eigenvalue weighted by molar-refractivity contribution is 6.35. The van der Waals surface area contributed by atoms with Gasteiger partial charge in [-0.3, -0.25) is 0 Å². The molecule has 0 saturated carbocycles. The van der Waals surface area contributed by atoms with E-state index in [2.05, 4.69) is 10.1 Å². The fourth-order valence-electron chi connectivity index (χ4n) is 3.54. The van der Waals surface area contributed by atoms with Crippen LogP contribution < -0.4 is 0 Å². The van der Waals surface area contributed by atoms with E-state index in [0.717, 1.165) is 31.6 Å². The molecule has 0 aliphatic carbocycles. The summed E-state index contributed by atoms with van der Waals surface area (Å²) in [5.41, 5.74) is 0.692. The summed E-state index contributed by atoms with van der Waals surface area (Å²) in [5, 5.41) is 5.52. The molecule has 0 bridgehead atoms. The van der Waals surface area contributed by atoms with Gasteiger partial charge in [0, 0.05) is 28.8 Å². The minimum absolute atomic E-state index is 0.0421. The summed E-state index contributed by atoms with van der Waals surface area (Å²) in [4.78, 5) is 4.03. The summed E-state index contributed by atoms with van der Waals surface area (Å²) in [7, 11) is 0. The Balaban J connectivity index is 1.64. The van der Waals surface area contributed by atoms with Crippen molar-refractivity contribution >= 4 is 23.2 Å². The lowest BCUT2D eigenvalue weighted by molar-refractivity contribution is 0.0302. The van der Waals surface area contributed by atoms with Crippen molar-refractivity contribution in [1.82, 2.24) is 14.8 Å². The van der Waals surface area contributed by atoms with Crippen molar-refractivity contribution in [3.8, 4) is 0 Å². The zero-order valence-corrected chi connectivity index (χ0v) is 14.0. The van der Waals surface area contributed by atoms with Crippen LogP contribution in [0.5, 0.6) is 0 Å². The van der Waals surface area contributed by atoms with Gasteiger partial charge in [-0.25, -0.2) is 9.67 Å². The van der Waals surface area contributed by atoms with E-state index in [1.54, 1.807) is 18.7 Å². The Bertz CT molecular complexity index is 689. The smallest absolute Gasteiger partial charge is 0.137 e. The van der Waals surface area contributed by atoms with E-state index < -0.39 is 0 Å². The fourth-order valence-corrected chi connectivity index (χ4v) is 4.05. The van der Waals surface area contributed by atoms with Crippen LogP contribution in [0, 0.1) is 5.92 Å². The predicted octanol–water partition coefficient (Wildman–Crippen LogP) is 3.52. The second-order valence-electron chi connectivity index (χ2n) is 6.10. The summed E-state index contributed by atoms with van der Waals surface area (Å²) in [5.74, 6) is 0.414. The second kappa shape index (κ2) is 6.06. The van der Waals surface area contributed by atoms with Crippen LogP contribution in [0.2, 0.25) is 10.0 Å². The lowest BCUT2D eigenvalue weighted by Crippen LogP contribution is -2.35. The number of aromatic nitrogens is 3. The molecule has 2 atom stereocenters.